The zero-order valence-corrected chi connectivity index (χ0v) is 13.7. The van der Waals surface area contributed by atoms with E-state index in [1.165, 1.54) is 31.3 Å². The number of anilines is 1. The molecule has 1 rings (SSSR count). The molecule has 0 bridgehead atoms. The van der Waals surface area contributed by atoms with Crippen molar-refractivity contribution < 1.29 is 33.8 Å². The molecule has 9 nitrogen and oxygen atoms in total. The van der Waals surface area contributed by atoms with Gasteiger partial charge in [-0.25, -0.2) is 0 Å². The number of ether oxygens (including phenoxy) is 2. The van der Waals surface area contributed by atoms with E-state index in [2.05, 4.69) is 20.1 Å². The molecule has 0 aliphatic heterocycles. The molecule has 0 atom stereocenters. The van der Waals surface area contributed by atoms with Crippen molar-refractivity contribution in [3.8, 4) is 5.75 Å². The van der Waals surface area contributed by atoms with E-state index in [1.54, 1.807) is 0 Å². The number of aromatic hydroxyl groups is 1. The van der Waals surface area contributed by atoms with Gasteiger partial charge in [-0.15, -0.1) is 0 Å². The molecule has 0 unspecified atom stereocenters. The molecule has 3 N–H and O–H groups in total. The summed E-state index contributed by atoms with van der Waals surface area (Å²) in [6.45, 7) is -0.564. The van der Waals surface area contributed by atoms with Gasteiger partial charge in [0.2, 0.25) is 18.6 Å². The van der Waals surface area contributed by atoms with Crippen LogP contribution in [0.15, 0.2) is 24.3 Å². The number of carbonyl (C=O) groups is 4. The fourth-order valence-corrected chi connectivity index (χ4v) is 1.63. The first-order valence-electron chi connectivity index (χ1n) is 7.51. The minimum absolute atomic E-state index is 0.0132. The molecule has 0 saturated carbocycles. The molecule has 2 amide bonds. The van der Waals surface area contributed by atoms with Crippen molar-refractivity contribution >= 4 is 29.4 Å². The molecule has 0 spiro atoms. The Morgan fingerprint density at radius 1 is 0.880 bits per heavy atom. The average Bonchev–Trinajstić information content (AvgIpc) is 2.59. The monoisotopic (exact) mass is 352 g/mol. The van der Waals surface area contributed by atoms with Gasteiger partial charge in [0.1, 0.15) is 5.75 Å². The molecule has 0 aliphatic carbocycles. The van der Waals surface area contributed by atoms with Crippen molar-refractivity contribution in [1.29, 1.82) is 0 Å². The highest BCUT2D eigenvalue weighted by atomic mass is 16.7. The lowest BCUT2D eigenvalue weighted by Gasteiger charge is -2.07. The smallest absolute Gasteiger partial charge is 0.309 e. The molecule has 25 heavy (non-hydrogen) atoms. The van der Waals surface area contributed by atoms with Gasteiger partial charge in [-0.2, -0.15) is 0 Å². The molecule has 136 valence electrons. The molecule has 9 heteroatoms. The van der Waals surface area contributed by atoms with Gasteiger partial charge in [0.05, 0.1) is 12.8 Å². The summed E-state index contributed by atoms with van der Waals surface area (Å²) in [5.74, 6) is -1.98. The van der Waals surface area contributed by atoms with Crippen LogP contribution in [-0.4, -0.2) is 42.7 Å². The SMILES string of the molecule is CNC(=O)CCC(=O)OCOC(=O)CCC(=O)Nc1ccc(O)cc1. The number of nitrogens with one attached hydrogen (secondary N) is 2. The maximum atomic E-state index is 11.7. The summed E-state index contributed by atoms with van der Waals surface area (Å²) in [5.41, 5.74) is 0.487. The van der Waals surface area contributed by atoms with Crippen molar-refractivity contribution in [2.75, 3.05) is 19.2 Å². The standard InChI is InChI=1S/C16H20N2O7/c1-17-13(20)6-8-15(22)24-10-25-16(23)9-7-14(21)18-11-2-4-12(19)5-3-11/h2-5,19H,6-10H2,1H3,(H,17,20)(H,18,21). The van der Waals surface area contributed by atoms with Crippen LogP contribution < -0.4 is 10.6 Å². The number of carbonyl (C=O) groups excluding carboxylic acids is 4. The molecule has 0 fully saturated rings. The van der Waals surface area contributed by atoms with Gasteiger partial charge in [-0.3, -0.25) is 19.2 Å². The number of phenolic OH excluding ortho intramolecular Hbond substituents is 1. The van der Waals surface area contributed by atoms with Gasteiger partial charge in [-0.1, -0.05) is 0 Å². The molecule has 0 radical (unpaired) electrons. The normalized spacial score (nSPS) is 9.80. The summed E-state index contributed by atoms with van der Waals surface area (Å²) in [5, 5.41) is 14.0. The highest BCUT2D eigenvalue weighted by molar-refractivity contribution is 5.92. The van der Waals surface area contributed by atoms with Crippen LogP contribution >= 0.6 is 0 Å². The van der Waals surface area contributed by atoms with E-state index in [0.29, 0.717) is 5.69 Å². The van der Waals surface area contributed by atoms with Gasteiger partial charge in [0.25, 0.3) is 0 Å². The summed E-state index contributed by atoms with van der Waals surface area (Å²) in [7, 11) is 1.45. The highest BCUT2D eigenvalue weighted by Crippen LogP contribution is 2.14. The summed E-state index contributed by atoms with van der Waals surface area (Å²) in [4.78, 5) is 45.3. The van der Waals surface area contributed by atoms with Crippen LogP contribution in [0.3, 0.4) is 0 Å². The van der Waals surface area contributed by atoms with Gasteiger partial charge >= 0.3 is 11.9 Å². The Morgan fingerprint density at radius 3 is 1.92 bits per heavy atom. The van der Waals surface area contributed by atoms with Crippen LogP contribution in [0, 0.1) is 0 Å². The maximum Gasteiger partial charge on any atom is 0.309 e. The zero-order chi connectivity index (χ0) is 18.7. The second-order valence-corrected chi connectivity index (χ2v) is 4.92. The average molecular weight is 352 g/mol. The van der Waals surface area contributed by atoms with Gasteiger partial charge < -0.3 is 25.2 Å². The Bertz CT molecular complexity index is 613. The van der Waals surface area contributed by atoms with Gasteiger partial charge in [-0.05, 0) is 24.3 Å². The largest absolute Gasteiger partial charge is 0.508 e. The maximum absolute atomic E-state index is 11.7. The van der Waals surface area contributed by atoms with Crippen molar-refractivity contribution in [3.63, 3.8) is 0 Å². The van der Waals surface area contributed by atoms with E-state index in [9.17, 15) is 19.2 Å². The fourth-order valence-electron chi connectivity index (χ4n) is 1.63. The van der Waals surface area contributed by atoms with Crippen LogP contribution in [0.1, 0.15) is 25.7 Å². The van der Waals surface area contributed by atoms with E-state index >= 15 is 0 Å². The number of rotatable bonds is 9. The lowest BCUT2D eigenvalue weighted by atomic mass is 10.2. The first-order valence-corrected chi connectivity index (χ1v) is 7.51. The van der Waals surface area contributed by atoms with Crippen LogP contribution in [0.4, 0.5) is 5.69 Å². The molecule has 0 aromatic heterocycles. The number of hydrogen-bond donors (Lipinski definition) is 3. The summed E-state index contributed by atoms with van der Waals surface area (Å²) < 4.78 is 9.30. The third-order valence-electron chi connectivity index (χ3n) is 2.98. The quantitative estimate of drug-likeness (QED) is 0.338. The van der Waals surface area contributed by atoms with Crippen LogP contribution in [0.5, 0.6) is 5.75 Å². The van der Waals surface area contributed by atoms with E-state index in [4.69, 9.17) is 5.11 Å². The molecule has 1 aromatic rings. The molecular formula is C16H20N2O7. The van der Waals surface area contributed by atoms with Crippen LogP contribution in [0.2, 0.25) is 0 Å². The van der Waals surface area contributed by atoms with Gasteiger partial charge in [0.15, 0.2) is 0 Å². The minimum Gasteiger partial charge on any atom is -0.508 e. The fraction of sp³-hybridized carbons (Fsp3) is 0.375. The predicted molar refractivity (Wildman–Crippen MR) is 86.3 cm³/mol. The highest BCUT2D eigenvalue weighted by Gasteiger charge is 2.11. The third-order valence-corrected chi connectivity index (χ3v) is 2.98. The lowest BCUT2D eigenvalue weighted by molar-refractivity contribution is -0.167. The minimum atomic E-state index is -0.694. The molecular weight excluding hydrogens is 332 g/mol. The number of benzene rings is 1. The zero-order valence-electron chi connectivity index (χ0n) is 13.7. The second kappa shape index (κ2) is 10.6. The molecule has 0 saturated heterocycles. The Balaban J connectivity index is 2.15. The van der Waals surface area contributed by atoms with E-state index in [1.807, 2.05) is 0 Å². The number of hydrogen-bond acceptors (Lipinski definition) is 7. The van der Waals surface area contributed by atoms with Gasteiger partial charge in [0, 0.05) is 25.6 Å². The summed E-state index contributed by atoms with van der Waals surface area (Å²) in [6, 6.07) is 5.87. The van der Waals surface area contributed by atoms with E-state index in [0.717, 1.165) is 0 Å². The van der Waals surface area contributed by atoms with E-state index < -0.39 is 24.6 Å². The number of amides is 2. The topological polar surface area (TPSA) is 131 Å². The van der Waals surface area contributed by atoms with Crippen molar-refractivity contribution in [1.82, 2.24) is 5.32 Å². The first-order chi connectivity index (χ1) is 11.9. The Labute approximate surface area is 144 Å². The summed E-state index contributed by atoms with van der Waals surface area (Å²) in [6.07, 6.45) is -0.420. The van der Waals surface area contributed by atoms with Crippen molar-refractivity contribution in [3.05, 3.63) is 24.3 Å². The predicted octanol–water partition coefficient (Wildman–Crippen LogP) is 0.681. The van der Waals surface area contributed by atoms with Crippen LogP contribution in [0.25, 0.3) is 0 Å². The number of phenols is 1. The number of esters is 2. The Morgan fingerprint density at radius 2 is 1.40 bits per heavy atom. The first kappa shape index (κ1) is 19.9. The van der Waals surface area contributed by atoms with Crippen LogP contribution in [-0.2, 0) is 28.7 Å². The Kier molecular flexibility index (Phi) is 8.48. The van der Waals surface area contributed by atoms with Crippen molar-refractivity contribution in [2.45, 2.75) is 25.7 Å². The third kappa shape index (κ3) is 8.94. The molecule has 0 heterocycles. The molecule has 0 aliphatic rings. The Hall–Kier alpha value is -3.10. The van der Waals surface area contributed by atoms with E-state index in [-0.39, 0.29) is 37.3 Å². The second-order valence-electron chi connectivity index (χ2n) is 4.92. The lowest BCUT2D eigenvalue weighted by Crippen LogP contribution is -2.20. The molecule has 1 aromatic carbocycles. The van der Waals surface area contributed by atoms with Crippen molar-refractivity contribution in [2.24, 2.45) is 0 Å². The summed E-state index contributed by atoms with van der Waals surface area (Å²) >= 11 is 0.